The van der Waals surface area contributed by atoms with Crippen LogP contribution in [0.15, 0.2) is 75.8 Å². The summed E-state index contributed by atoms with van der Waals surface area (Å²) < 4.78 is 5.24. The Hall–Kier alpha value is -3.75. The third kappa shape index (κ3) is 5.54. The van der Waals surface area contributed by atoms with Crippen molar-refractivity contribution < 1.29 is 9.21 Å². The van der Waals surface area contributed by atoms with Crippen LogP contribution in [0.4, 0.5) is 11.4 Å². The third-order valence-corrected chi connectivity index (χ3v) is 5.86. The van der Waals surface area contributed by atoms with E-state index in [1.54, 1.807) is 24.1 Å². The Morgan fingerprint density at radius 3 is 2.76 bits per heavy atom. The van der Waals surface area contributed by atoms with Gasteiger partial charge in [0.2, 0.25) is 0 Å². The van der Waals surface area contributed by atoms with Gasteiger partial charge in [0.05, 0.1) is 19.1 Å². The average molecular weight is 460 g/mol. The van der Waals surface area contributed by atoms with Crippen LogP contribution in [0.1, 0.15) is 16.1 Å². The van der Waals surface area contributed by atoms with Crippen molar-refractivity contribution in [2.24, 2.45) is 4.99 Å². The maximum absolute atomic E-state index is 13.1. The molecule has 1 amide bonds. The molecule has 8 heteroatoms. The zero-order valence-electron chi connectivity index (χ0n) is 18.5. The van der Waals surface area contributed by atoms with Gasteiger partial charge >= 0.3 is 0 Å². The van der Waals surface area contributed by atoms with E-state index in [2.05, 4.69) is 20.2 Å². The summed E-state index contributed by atoms with van der Waals surface area (Å²) in [5, 5.41) is 5.55. The predicted molar refractivity (Wildman–Crippen MR) is 135 cm³/mol. The number of anilines is 2. The zero-order valence-corrected chi connectivity index (χ0v) is 19.3. The number of furan rings is 1. The Morgan fingerprint density at radius 2 is 2.03 bits per heavy atom. The Bertz CT molecular complexity index is 1250. The number of thiazole rings is 1. The van der Waals surface area contributed by atoms with E-state index < -0.39 is 0 Å². The van der Waals surface area contributed by atoms with Gasteiger partial charge < -0.3 is 20.4 Å². The van der Waals surface area contributed by atoms with Crippen LogP contribution in [-0.4, -0.2) is 49.2 Å². The molecule has 0 saturated heterocycles. The molecule has 0 atom stereocenters. The SMILES string of the molecule is CN(C)CCN=Cc1cc(NC(=O)c2csc(-c3ccccc3)n2)c(-c2ccoc2)cc1N. The first-order chi connectivity index (χ1) is 16.0. The van der Waals surface area contributed by atoms with E-state index in [0.29, 0.717) is 23.6 Å². The standard InChI is InChI=1S/C25H25N5O2S/c1-30(2)10-9-27-14-19-12-22(20(13-21(19)26)18-8-11-32-15-18)28-24(31)23-16-33-25(29-23)17-6-4-3-5-7-17/h3-8,11-16H,9-10,26H2,1-2H3,(H,28,31). The number of aromatic nitrogens is 1. The summed E-state index contributed by atoms with van der Waals surface area (Å²) in [5.74, 6) is -0.293. The Morgan fingerprint density at radius 1 is 1.21 bits per heavy atom. The Labute approximate surface area is 196 Å². The second kappa shape index (κ2) is 10.2. The number of amides is 1. The first-order valence-electron chi connectivity index (χ1n) is 10.4. The fourth-order valence-electron chi connectivity index (χ4n) is 3.20. The van der Waals surface area contributed by atoms with Gasteiger partial charge in [0.15, 0.2) is 0 Å². The van der Waals surface area contributed by atoms with E-state index in [1.807, 2.05) is 62.6 Å². The number of carbonyl (C=O) groups is 1. The second-order valence-electron chi connectivity index (χ2n) is 7.74. The molecular formula is C25H25N5O2S. The van der Waals surface area contributed by atoms with Gasteiger partial charge in [0.25, 0.3) is 5.91 Å². The van der Waals surface area contributed by atoms with E-state index in [4.69, 9.17) is 10.2 Å². The zero-order chi connectivity index (χ0) is 23.2. The molecule has 2 aromatic carbocycles. The van der Waals surface area contributed by atoms with Crippen molar-refractivity contribution in [3.8, 4) is 21.7 Å². The van der Waals surface area contributed by atoms with Crippen molar-refractivity contribution in [3.63, 3.8) is 0 Å². The summed E-state index contributed by atoms with van der Waals surface area (Å²) >= 11 is 1.43. The van der Waals surface area contributed by atoms with Crippen LogP contribution in [0.25, 0.3) is 21.7 Å². The number of aliphatic imine (C=N–C) groups is 1. The summed E-state index contributed by atoms with van der Waals surface area (Å²) in [6.45, 7) is 1.49. The molecule has 0 aliphatic carbocycles. The number of benzene rings is 2. The number of rotatable bonds is 8. The normalized spacial score (nSPS) is 11.4. The minimum atomic E-state index is -0.293. The lowest BCUT2D eigenvalue weighted by molar-refractivity contribution is 0.102. The molecule has 0 aliphatic heterocycles. The van der Waals surface area contributed by atoms with Crippen molar-refractivity contribution in [2.45, 2.75) is 0 Å². The number of nitrogens with two attached hydrogens (primary N) is 1. The highest BCUT2D eigenvalue weighted by Gasteiger charge is 2.16. The van der Waals surface area contributed by atoms with Crippen LogP contribution < -0.4 is 11.1 Å². The fraction of sp³-hybridized carbons (Fsp3) is 0.160. The molecule has 0 radical (unpaired) electrons. The largest absolute Gasteiger partial charge is 0.472 e. The summed E-state index contributed by atoms with van der Waals surface area (Å²) in [7, 11) is 4.00. The van der Waals surface area contributed by atoms with Crippen molar-refractivity contribution in [1.29, 1.82) is 0 Å². The first-order valence-corrected chi connectivity index (χ1v) is 11.3. The maximum Gasteiger partial charge on any atom is 0.275 e. The van der Waals surface area contributed by atoms with Crippen molar-refractivity contribution >= 4 is 34.8 Å². The number of nitrogens with one attached hydrogen (secondary N) is 1. The molecule has 2 aromatic heterocycles. The van der Waals surface area contributed by atoms with Crippen LogP contribution in [0.3, 0.4) is 0 Å². The van der Waals surface area contributed by atoms with Gasteiger partial charge in [0, 0.05) is 51.8 Å². The highest BCUT2D eigenvalue weighted by molar-refractivity contribution is 7.13. The summed E-state index contributed by atoms with van der Waals surface area (Å²) in [6, 6.07) is 15.3. The molecule has 7 nitrogen and oxygen atoms in total. The minimum absolute atomic E-state index is 0.293. The monoisotopic (exact) mass is 459 g/mol. The van der Waals surface area contributed by atoms with E-state index in [-0.39, 0.29) is 5.91 Å². The summed E-state index contributed by atoms with van der Waals surface area (Å²) in [4.78, 5) is 24.1. The maximum atomic E-state index is 13.1. The van der Waals surface area contributed by atoms with Gasteiger partial charge in [-0.2, -0.15) is 0 Å². The summed E-state index contributed by atoms with van der Waals surface area (Å²) in [5.41, 5.74) is 11.1. The molecule has 4 aromatic rings. The third-order valence-electron chi connectivity index (χ3n) is 4.97. The molecule has 0 spiro atoms. The lowest BCUT2D eigenvalue weighted by Crippen LogP contribution is -2.15. The Balaban J connectivity index is 1.61. The Kier molecular flexibility index (Phi) is 6.97. The van der Waals surface area contributed by atoms with E-state index in [1.165, 1.54) is 11.3 Å². The van der Waals surface area contributed by atoms with Crippen LogP contribution in [0.2, 0.25) is 0 Å². The fourth-order valence-corrected chi connectivity index (χ4v) is 4.01. The van der Waals surface area contributed by atoms with E-state index in [0.717, 1.165) is 33.8 Å². The van der Waals surface area contributed by atoms with Crippen LogP contribution in [0, 0.1) is 0 Å². The van der Waals surface area contributed by atoms with E-state index >= 15 is 0 Å². The molecule has 0 unspecified atom stereocenters. The molecule has 0 saturated carbocycles. The molecule has 168 valence electrons. The lowest BCUT2D eigenvalue weighted by Gasteiger charge is -2.13. The number of carbonyl (C=O) groups excluding carboxylic acids is 1. The second-order valence-corrected chi connectivity index (χ2v) is 8.59. The minimum Gasteiger partial charge on any atom is -0.472 e. The predicted octanol–water partition coefficient (Wildman–Crippen LogP) is 4.89. The van der Waals surface area contributed by atoms with Crippen LogP contribution >= 0.6 is 11.3 Å². The highest BCUT2D eigenvalue weighted by Crippen LogP contribution is 2.33. The van der Waals surface area contributed by atoms with Crippen molar-refractivity contribution in [3.05, 3.63) is 77.7 Å². The molecule has 0 fully saturated rings. The average Bonchev–Trinajstić information content (AvgIpc) is 3.51. The first kappa shape index (κ1) is 22.4. The van der Waals surface area contributed by atoms with Crippen LogP contribution in [-0.2, 0) is 0 Å². The number of hydrogen-bond donors (Lipinski definition) is 2. The quantitative estimate of drug-likeness (QED) is 0.289. The molecule has 2 heterocycles. The van der Waals surface area contributed by atoms with Gasteiger partial charge in [0.1, 0.15) is 10.7 Å². The van der Waals surface area contributed by atoms with Crippen molar-refractivity contribution in [1.82, 2.24) is 9.88 Å². The number of hydrogen-bond acceptors (Lipinski definition) is 7. The van der Waals surface area contributed by atoms with Gasteiger partial charge in [-0.3, -0.25) is 9.79 Å². The number of nitrogens with zero attached hydrogens (tertiary/aromatic N) is 3. The van der Waals surface area contributed by atoms with Gasteiger partial charge in [-0.1, -0.05) is 30.3 Å². The lowest BCUT2D eigenvalue weighted by atomic mass is 10.0. The molecule has 3 N–H and O–H groups in total. The van der Waals surface area contributed by atoms with Gasteiger partial charge in [-0.25, -0.2) is 4.98 Å². The van der Waals surface area contributed by atoms with Gasteiger partial charge in [-0.05, 0) is 32.3 Å². The molecule has 33 heavy (non-hydrogen) atoms. The molecular weight excluding hydrogens is 434 g/mol. The topological polar surface area (TPSA) is 96.8 Å². The van der Waals surface area contributed by atoms with Crippen LogP contribution in [0.5, 0.6) is 0 Å². The van der Waals surface area contributed by atoms with Crippen molar-refractivity contribution in [2.75, 3.05) is 38.2 Å². The number of likely N-dealkylation sites (N-methyl/N-ethyl adjacent to an activating group) is 1. The molecule has 0 aliphatic rings. The summed E-state index contributed by atoms with van der Waals surface area (Å²) in [6.07, 6.45) is 4.94. The van der Waals surface area contributed by atoms with Gasteiger partial charge in [-0.15, -0.1) is 11.3 Å². The van der Waals surface area contributed by atoms with E-state index in [9.17, 15) is 4.79 Å². The smallest absolute Gasteiger partial charge is 0.275 e. The molecule has 0 bridgehead atoms. The molecule has 4 rings (SSSR count). The highest BCUT2D eigenvalue weighted by atomic mass is 32.1. The number of nitrogen functional groups attached to an aromatic ring is 1.